The van der Waals surface area contributed by atoms with E-state index in [1.165, 1.54) is 0 Å². The van der Waals surface area contributed by atoms with Crippen LogP contribution < -0.4 is 0 Å². The van der Waals surface area contributed by atoms with Gasteiger partial charge in [-0.25, -0.2) is 4.79 Å². The van der Waals surface area contributed by atoms with Crippen molar-refractivity contribution in [3.8, 4) is 6.07 Å². The fourth-order valence-corrected chi connectivity index (χ4v) is 3.57. The van der Waals surface area contributed by atoms with E-state index in [0.29, 0.717) is 24.1 Å². The molecule has 1 aliphatic rings. The highest BCUT2D eigenvalue weighted by Gasteiger charge is 2.45. The minimum absolute atomic E-state index is 0.206. The van der Waals surface area contributed by atoms with Crippen molar-refractivity contribution in [1.82, 2.24) is 4.90 Å². The summed E-state index contributed by atoms with van der Waals surface area (Å²) >= 11 is 0. The van der Waals surface area contributed by atoms with Crippen LogP contribution >= 0.6 is 0 Å². The van der Waals surface area contributed by atoms with Crippen molar-refractivity contribution >= 4 is 11.9 Å². The van der Waals surface area contributed by atoms with Gasteiger partial charge in [-0.15, -0.1) is 0 Å². The lowest BCUT2D eigenvalue weighted by atomic mass is 9.88. The van der Waals surface area contributed by atoms with E-state index in [-0.39, 0.29) is 11.9 Å². The van der Waals surface area contributed by atoms with Crippen LogP contribution in [0.15, 0.2) is 48.5 Å². The highest BCUT2D eigenvalue weighted by Crippen LogP contribution is 2.32. The molecule has 27 heavy (non-hydrogen) atoms. The van der Waals surface area contributed by atoms with Gasteiger partial charge in [0.25, 0.3) is 5.91 Å². The molecule has 1 heterocycles. The SMILES string of the molecule is CCN(C(=O)C1(C)Cc2ccccc2C(=O)O1)C(C)c1ccc(C#N)cc1. The molecule has 0 aromatic heterocycles. The van der Waals surface area contributed by atoms with Gasteiger partial charge in [-0.2, -0.15) is 5.26 Å². The van der Waals surface area contributed by atoms with Gasteiger partial charge in [0.15, 0.2) is 5.60 Å². The summed E-state index contributed by atoms with van der Waals surface area (Å²) in [4.78, 5) is 27.5. The van der Waals surface area contributed by atoms with Crippen LogP contribution in [0.3, 0.4) is 0 Å². The predicted molar refractivity (Wildman–Crippen MR) is 101 cm³/mol. The van der Waals surface area contributed by atoms with Crippen LogP contribution in [0, 0.1) is 11.3 Å². The minimum atomic E-state index is -1.23. The average molecular weight is 362 g/mol. The van der Waals surface area contributed by atoms with Gasteiger partial charge >= 0.3 is 5.97 Å². The van der Waals surface area contributed by atoms with E-state index in [1.54, 1.807) is 36.1 Å². The van der Waals surface area contributed by atoms with Crippen LogP contribution in [0.4, 0.5) is 0 Å². The summed E-state index contributed by atoms with van der Waals surface area (Å²) < 4.78 is 5.59. The summed E-state index contributed by atoms with van der Waals surface area (Å²) in [7, 11) is 0. The second kappa shape index (κ2) is 7.24. The molecule has 0 saturated carbocycles. The highest BCUT2D eigenvalue weighted by atomic mass is 16.6. The number of nitrogens with zero attached hydrogens (tertiary/aromatic N) is 2. The number of ether oxygens (including phenoxy) is 1. The smallest absolute Gasteiger partial charge is 0.339 e. The summed E-state index contributed by atoms with van der Waals surface area (Å²) in [6.07, 6.45) is 0.352. The first-order valence-electron chi connectivity index (χ1n) is 9.02. The fourth-order valence-electron chi connectivity index (χ4n) is 3.57. The van der Waals surface area contributed by atoms with Gasteiger partial charge in [0.1, 0.15) is 0 Å². The predicted octanol–water partition coefficient (Wildman–Crippen LogP) is 3.64. The molecule has 5 heteroatoms. The molecule has 138 valence electrons. The second-order valence-electron chi connectivity index (χ2n) is 6.96. The second-order valence-corrected chi connectivity index (χ2v) is 6.96. The molecule has 1 amide bonds. The lowest BCUT2D eigenvalue weighted by Crippen LogP contribution is -2.53. The van der Waals surface area contributed by atoms with Gasteiger partial charge in [-0.1, -0.05) is 30.3 Å². The zero-order chi connectivity index (χ0) is 19.6. The van der Waals surface area contributed by atoms with E-state index in [1.807, 2.05) is 38.1 Å². The lowest BCUT2D eigenvalue weighted by Gasteiger charge is -2.39. The molecule has 0 spiro atoms. The zero-order valence-electron chi connectivity index (χ0n) is 15.7. The van der Waals surface area contributed by atoms with Crippen molar-refractivity contribution < 1.29 is 14.3 Å². The number of likely N-dealkylation sites (N-methyl/N-ethyl adjacent to an activating group) is 1. The quantitative estimate of drug-likeness (QED) is 0.779. The standard InChI is InChI=1S/C22H22N2O3/c1-4-24(15(2)17-11-9-16(14-23)10-12-17)21(26)22(3)13-18-7-5-6-8-19(18)20(25)27-22/h5-12,15H,4,13H2,1-3H3. The Hall–Kier alpha value is -3.13. The molecule has 2 atom stereocenters. The monoisotopic (exact) mass is 362 g/mol. The summed E-state index contributed by atoms with van der Waals surface area (Å²) in [6.45, 7) is 6.00. The Bertz CT molecular complexity index is 914. The van der Waals surface area contributed by atoms with Crippen LogP contribution in [0.2, 0.25) is 0 Å². The van der Waals surface area contributed by atoms with Gasteiger partial charge in [-0.05, 0) is 50.1 Å². The number of fused-ring (bicyclic) bond motifs is 1. The Morgan fingerprint density at radius 3 is 2.56 bits per heavy atom. The summed E-state index contributed by atoms with van der Waals surface area (Å²) in [5.74, 6) is -0.681. The zero-order valence-corrected chi connectivity index (χ0v) is 15.7. The molecule has 2 aromatic rings. The third-order valence-corrected chi connectivity index (χ3v) is 5.13. The van der Waals surface area contributed by atoms with Gasteiger partial charge < -0.3 is 9.64 Å². The number of carbonyl (C=O) groups excluding carboxylic acids is 2. The van der Waals surface area contributed by atoms with Crippen molar-refractivity contribution in [3.63, 3.8) is 0 Å². The van der Waals surface area contributed by atoms with Crippen molar-refractivity contribution in [3.05, 3.63) is 70.8 Å². The Morgan fingerprint density at radius 2 is 1.93 bits per heavy atom. The normalized spacial score (nSPS) is 19.4. The molecule has 0 radical (unpaired) electrons. The first kappa shape index (κ1) is 18.7. The van der Waals surface area contributed by atoms with Crippen LogP contribution in [-0.4, -0.2) is 28.9 Å². The third-order valence-electron chi connectivity index (χ3n) is 5.13. The molecule has 0 aliphatic carbocycles. The molecular formula is C22H22N2O3. The largest absolute Gasteiger partial charge is 0.445 e. The maximum Gasteiger partial charge on any atom is 0.339 e. The van der Waals surface area contributed by atoms with Gasteiger partial charge in [0.05, 0.1) is 23.2 Å². The van der Waals surface area contributed by atoms with Gasteiger partial charge in [-0.3, -0.25) is 4.79 Å². The molecule has 3 rings (SSSR count). The van der Waals surface area contributed by atoms with Crippen LogP contribution in [0.5, 0.6) is 0 Å². The number of esters is 1. The van der Waals surface area contributed by atoms with E-state index in [2.05, 4.69) is 6.07 Å². The van der Waals surface area contributed by atoms with Crippen molar-refractivity contribution in [2.75, 3.05) is 6.54 Å². The molecule has 0 bridgehead atoms. The van der Waals surface area contributed by atoms with Gasteiger partial charge in [0.2, 0.25) is 0 Å². The molecule has 0 fully saturated rings. The summed E-state index contributed by atoms with van der Waals surface area (Å²) in [6, 6.07) is 16.3. The van der Waals surface area contributed by atoms with E-state index >= 15 is 0 Å². The van der Waals surface area contributed by atoms with Crippen LogP contribution in [-0.2, 0) is 16.0 Å². The molecule has 2 aromatic carbocycles. The third kappa shape index (κ3) is 3.43. The Balaban J connectivity index is 1.88. The molecule has 2 unspecified atom stereocenters. The Labute approximate surface area is 159 Å². The molecule has 5 nitrogen and oxygen atoms in total. The first-order chi connectivity index (χ1) is 12.9. The summed E-state index contributed by atoms with van der Waals surface area (Å²) in [5, 5.41) is 8.96. The molecule has 0 N–H and O–H groups in total. The number of benzene rings is 2. The topological polar surface area (TPSA) is 70.4 Å². The van der Waals surface area contributed by atoms with Crippen LogP contribution in [0.1, 0.15) is 53.9 Å². The number of cyclic esters (lactones) is 1. The number of nitriles is 1. The van der Waals surface area contributed by atoms with Crippen molar-refractivity contribution in [2.45, 2.75) is 38.8 Å². The van der Waals surface area contributed by atoms with E-state index < -0.39 is 11.6 Å². The fraction of sp³-hybridized carbons (Fsp3) is 0.318. The minimum Gasteiger partial charge on any atom is -0.445 e. The van der Waals surface area contributed by atoms with E-state index in [4.69, 9.17) is 10.00 Å². The Morgan fingerprint density at radius 1 is 1.26 bits per heavy atom. The number of amides is 1. The number of hydrogen-bond acceptors (Lipinski definition) is 4. The van der Waals surface area contributed by atoms with E-state index in [0.717, 1.165) is 11.1 Å². The molecular weight excluding hydrogens is 340 g/mol. The molecule has 0 saturated heterocycles. The highest BCUT2D eigenvalue weighted by molar-refractivity contribution is 5.97. The number of hydrogen-bond donors (Lipinski definition) is 0. The average Bonchev–Trinajstić information content (AvgIpc) is 2.68. The van der Waals surface area contributed by atoms with Crippen molar-refractivity contribution in [2.24, 2.45) is 0 Å². The van der Waals surface area contributed by atoms with Gasteiger partial charge in [0, 0.05) is 13.0 Å². The molecule has 1 aliphatic heterocycles. The number of rotatable bonds is 4. The van der Waals surface area contributed by atoms with Crippen molar-refractivity contribution in [1.29, 1.82) is 5.26 Å². The maximum absolute atomic E-state index is 13.3. The Kier molecular flexibility index (Phi) is 5.00. The summed E-state index contributed by atoms with van der Waals surface area (Å²) in [5.41, 5.74) is 1.61. The maximum atomic E-state index is 13.3. The number of carbonyl (C=O) groups is 2. The lowest BCUT2D eigenvalue weighted by molar-refractivity contribution is -0.153. The van der Waals surface area contributed by atoms with Crippen LogP contribution in [0.25, 0.3) is 0 Å². The first-order valence-corrected chi connectivity index (χ1v) is 9.02. The van der Waals surface area contributed by atoms with E-state index in [9.17, 15) is 9.59 Å².